The fourth-order valence-corrected chi connectivity index (χ4v) is 2.59. The Hall–Kier alpha value is -0.820. The van der Waals surface area contributed by atoms with E-state index in [0.717, 1.165) is 12.3 Å². The van der Waals surface area contributed by atoms with E-state index in [1.165, 1.54) is 36.0 Å². The molecule has 1 aromatic rings. The van der Waals surface area contributed by atoms with E-state index in [4.69, 9.17) is 0 Å². The van der Waals surface area contributed by atoms with Crippen molar-refractivity contribution in [1.82, 2.24) is 5.32 Å². The van der Waals surface area contributed by atoms with Gasteiger partial charge in [0.2, 0.25) is 0 Å². The maximum Gasteiger partial charge on any atom is 0.0104 e. The molecule has 0 saturated heterocycles. The Kier molecular flexibility index (Phi) is 6.42. The first-order valence-corrected chi connectivity index (χ1v) is 7.25. The van der Waals surface area contributed by atoms with Crippen LogP contribution in [0.1, 0.15) is 49.8 Å². The molecule has 1 aromatic carbocycles. The Balaban J connectivity index is 2.51. The summed E-state index contributed by atoms with van der Waals surface area (Å²) in [6.45, 7) is 8.98. The van der Waals surface area contributed by atoms with Gasteiger partial charge in [-0.05, 0) is 45.2 Å². The zero-order valence-electron chi connectivity index (χ0n) is 12.7. The summed E-state index contributed by atoms with van der Waals surface area (Å²) >= 11 is 0. The first-order chi connectivity index (χ1) is 8.51. The molecule has 1 atom stereocenters. The van der Waals surface area contributed by atoms with Crippen LogP contribution < -0.4 is 5.32 Å². The van der Waals surface area contributed by atoms with Gasteiger partial charge in [0.1, 0.15) is 0 Å². The number of aryl methyl sites for hydroxylation is 2. The highest BCUT2D eigenvalue weighted by atomic mass is 14.9. The largest absolute Gasteiger partial charge is 0.317 e. The van der Waals surface area contributed by atoms with Gasteiger partial charge in [-0.15, -0.1) is 0 Å². The molecule has 0 radical (unpaired) electrons. The number of hydrogen-bond acceptors (Lipinski definition) is 1. The molecule has 0 aliphatic rings. The van der Waals surface area contributed by atoms with Gasteiger partial charge in [-0.25, -0.2) is 0 Å². The van der Waals surface area contributed by atoms with Crippen LogP contribution in [0, 0.1) is 19.8 Å². The molecule has 1 nitrogen and oxygen atoms in total. The summed E-state index contributed by atoms with van der Waals surface area (Å²) in [5, 5.41) is 3.46. The van der Waals surface area contributed by atoms with Crippen molar-refractivity contribution in [2.45, 2.75) is 59.4 Å². The quantitative estimate of drug-likeness (QED) is 0.759. The number of likely N-dealkylation sites (N-methyl/N-ethyl adjacent to an activating group) is 1. The Labute approximate surface area is 113 Å². The normalized spacial score (nSPS) is 13.0. The third-order valence-corrected chi connectivity index (χ3v) is 3.51. The predicted molar refractivity (Wildman–Crippen MR) is 81.2 cm³/mol. The van der Waals surface area contributed by atoms with E-state index < -0.39 is 0 Å². The standard InChI is InChI=1S/C17H29N/c1-13(2)7-6-8-17(18-5)12-16-10-14(3)9-15(4)11-16/h9-11,13,17-18H,6-8,12H2,1-5H3. The van der Waals surface area contributed by atoms with Gasteiger partial charge < -0.3 is 5.32 Å². The van der Waals surface area contributed by atoms with Gasteiger partial charge in [0.25, 0.3) is 0 Å². The van der Waals surface area contributed by atoms with Crippen molar-refractivity contribution in [1.29, 1.82) is 0 Å². The molecular formula is C17H29N. The Morgan fingerprint density at radius 3 is 2.11 bits per heavy atom. The minimum atomic E-state index is 0.616. The van der Waals surface area contributed by atoms with Gasteiger partial charge in [0, 0.05) is 6.04 Å². The molecule has 0 spiro atoms. The van der Waals surface area contributed by atoms with E-state index in [0.29, 0.717) is 6.04 Å². The summed E-state index contributed by atoms with van der Waals surface area (Å²) in [6, 6.07) is 7.50. The topological polar surface area (TPSA) is 12.0 Å². The third kappa shape index (κ3) is 5.68. The molecule has 102 valence electrons. The highest BCUT2D eigenvalue weighted by Crippen LogP contribution is 2.14. The van der Waals surface area contributed by atoms with Crippen LogP contribution >= 0.6 is 0 Å². The van der Waals surface area contributed by atoms with Crippen molar-refractivity contribution in [2.24, 2.45) is 5.92 Å². The zero-order valence-corrected chi connectivity index (χ0v) is 12.7. The molecule has 0 bridgehead atoms. The van der Waals surface area contributed by atoms with Gasteiger partial charge in [-0.2, -0.15) is 0 Å². The first kappa shape index (κ1) is 15.2. The molecule has 1 unspecified atom stereocenters. The molecule has 18 heavy (non-hydrogen) atoms. The summed E-state index contributed by atoms with van der Waals surface area (Å²) in [4.78, 5) is 0. The highest BCUT2D eigenvalue weighted by Gasteiger charge is 2.08. The van der Waals surface area contributed by atoms with Crippen LogP contribution in [-0.4, -0.2) is 13.1 Å². The fourth-order valence-electron chi connectivity index (χ4n) is 2.59. The molecule has 0 aliphatic heterocycles. The summed E-state index contributed by atoms with van der Waals surface area (Å²) in [6.07, 6.45) is 5.10. The smallest absolute Gasteiger partial charge is 0.0104 e. The maximum atomic E-state index is 3.46. The summed E-state index contributed by atoms with van der Waals surface area (Å²) < 4.78 is 0. The molecule has 0 saturated carbocycles. The summed E-state index contributed by atoms with van der Waals surface area (Å²) in [5.41, 5.74) is 4.22. The van der Waals surface area contributed by atoms with Gasteiger partial charge in [-0.3, -0.25) is 0 Å². The van der Waals surface area contributed by atoms with E-state index >= 15 is 0 Å². The second kappa shape index (κ2) is 7.58. The molecular weight excluding hydrogens is 218 g/mol. The van der Waals surface area contributed by atoms with E-state index in [9.17, 15) is 0 Å². The molecule has 1 N–H and O–H groups in total. The van der Waals surface area contributed by atoms with Crippen molar-refractivity contribution < 1.29 is 0 Å². The van der Waals surface area contributed by atoms with Gasteiger partial charge in [0.15, 0.2) is 0 Å². The molecule has 0 aromatic heterocycles. The minimum Gasteiger partial charge on any atom is -0.317 e. The molecule has 1 rings (SSSR count). The lowest BCUT2D eigenvalue weighted by atomic mass is 9.96. The minimum absolute atomic E-state index is 0.616. The lowest BCUT2D eigenvalue weighted by Crippen LogP contribution is -2.27. The van der Waals surface area contributed by atoms with Gasteiger partial charge in [-0.1, -0.05) is 56.0 Å². The van der Waals surface area contributed by atoms with Crippen molar-refractivity contribution in [2.75, 3.05) is 7.05 Å². The fraction of sp³-hybridized carbons (Fsp3) is 0.647. The molecule has 0 fully saturated rings. The summed E-state index contributed by atoms with van der Waals surface area (Å²) in [7, 11) is 2.09. The van der Waals surface area contributed by atoms with Crippen LogP contribution in [0.5, 0.6) is 0 Å². The Morgan fingerprint density at radius 2 is 1.61 bits per heavy atom. The second-order valence-corrected chi connectivity index (χ2v) is 6.01. The third-order valence-electron chi connectivity index (χ3n) is 3.51. The molecule has 0 amide bonds. The van der Waals surface area contributed by atoms with Crippen molar-refractivity contribution in [3.8, 4) is 0 Å². The lowest BCUT2D eigenvalue weighted by molar-refractivity contribution is 0.457. The number of rotatable bonds is 7. The average molecular weight is 247 g/mol. The maximum absolute atomic E-state index is 3.46. The number of benzene rings is 1. The van der Waals surface area contributed by atoms with Crippen LogP contribution in [0.25, 0.3) is 0 Å². The zero-order chi connectivity index (χ0) is 13.5. The number of nitrogens with one attached hydrogen (secondary N) is 1. The highest BCUT2D eigenvalue weighted by molar-refractivity contribution is 5.29. The Bertz CT molecular complexity index is 334. The summed E-state index contributed by atoms with van der Waals surface area (Å²) in [5.74, 6) is 0.823. The molecule has 1 heteroatoms. The van der Waals surface area contributed by atoms with E-state index in [1.807, 2.05) is 0 Å². The molecule has 0 heterocycles. The van der Waals surface area contributed by atoms with Crippen LogP contribution in [0.4, 0.5) is 0 Å². The van der Waals surface area contributed by atoms with Crippen molar-refractivity contribution >= 4 is 0 Å². The van der Waals surface area contributed by atoms with Crippen molar-refractivity contribution in [3.63, 3.8) is 0 Å². The first-order valence-electron chi connectivity index (χ1n) is 7.25. The van der Waals surface area contributed by atoms with E-state index in [1.54, 1.807) is 0 Å². The second-order valence-electron chi connectivity index (χ2n) is 6.01. The van der Waals surface area contributed by atoms with Crippen molar-refractivity contribution in [3.05, 3.63) is 34.9 Å². The van der Waals surface area contributed by atoms with Gasteiger partial charge >= 0.3 is 0 Å². The monoisotopic (exact) mass is 247 g/mol. The van der Waals surface area contributed by atoms with Crippen LogP contribution in [0.15, 0.2) is 18.2 Å². The van der Waals surface area contributed by atoms with E-state index in [-0.39, 0.29) is 0 Å². The average Bonchev–Trinajstić information content (AvgIpc) is 2.25. The van der Waals surface area contributed by atoms with Crippen LogP contribution in [0.2, 0.25) is 0 Å². The van der Waals surface area contributed by atoms with Gasteiger partial charge in [0.05, 0.1) is 0 Å². The predicted octanol–water partition coefficient (Wildman–Crippen LogP) is 4.26. The Morgan fingerprint density at radius 1 is 1.00 bits per heavy atom. The van der Waals surface area contributed by atoms with Crippen LogP contribution in [0.3, 0.4) is 0 Å². The number of hydrogen-bond donors (Lipinski definition) is 1. The SMILES string of the molecule is CNC(CCCC(C)C)Cc1cc(C)cc(C)c1. The lowest BCUT2D eigenvalue weighted by Gasteiger charge is -2.17. The molecule has 0 aliphatic carbocycles. The van der Waals surface area contributed by atoms with E-state index in [2.05, 4.69) is 58.3 Å². The van der Waals surface area contributed by atoms with Crippen LogP contribution in [-0.2, 0) is 6.42 Å².